The normalized spacial score (nSPS) is 10.8. The zero-order chi connectivity index (χ0) is 14.7. The number of rotatable bonds is 4. The molecule has 2 heterocycles. The molecule has 0 unspecified atom stereocenters. The number of anilines is 1. The van der Waals surface area contributed by atoms with Crippen molar-refractivity contribution in [1.29, 1.82) is 0 Å². The summed E-state index contributed by atoms with van der Waals surface area (Å²) in [4.78, 5) is 23.5. The van der Waals surface area contributed by atoms with Crippen LogP contribution in [0.1, 0.15) is 30.3 Å². The van der Waals surface area contributed by atoms with Gasteiger partial charge in [0.2, 0.25) is 11.0 Å². The summed E-state index contributed by atoms with van der Waals surface area (Å²) in [5, 5.41) is 11.9. The highest BCUT2D eigenvalue weighted by Crippen LogP contribution is 2.22. The van der Waals surface area contributed by atoms with Crippen LogP contribution in [0.25, 0.3) is 0 Å². The zero-order valence-corrected chi connectivity index (χ0v) is 12.4. The van der Waals surface area contributed by atoms with E-state index in [1.54, 1.807) is 12.3 Å². The second-order valence-corrected chi connectivity index (χ2v) is 5.83. The van der Waals surface area contributed by atoms with Crippen LogP contribution in [-0.2, 0) is 11.3 Å². The Labute approximate surface area is 120 Å². The topological polar surface area (TPSA) is 76.9 Å². The number of amides is 1. The third kappa shape index (κ3) is 3.51. The SMILES string of the molecule is Cc1ccn(CC(=O)Nc2nnc(C(C)C)s2)c(=O)c1. The van der Waals surface area contributed by atoms with E-state index in [-0.39, 0.29) is 23.9 Å². The third-order valence-electron chi connectivity index (χ3n) is 2.65. The Morgan fingerprint density at radius 2 is 2.20 bits per heavy atom. The molecule has 1 amide bonds. The molecule has 0 aliphatic heterocycles. The van der Waals surface area contributed by atoms with E-state index in [0.29, 0.717) is 5.13 Å². The number of hydrogen-bond donors (Lipinski definition) is 1. The molecule has 0 fully saturated rings. The molecule has 20 heavy (non-hydrogen) atoms. The van der Waals surface area contributed by atoms with Crippen LogP contribution in [0.15, 0.2) is 23.1 Å². The molecule has 2 aromatic heterocycles. The Bertz CT molecular complexity index is 675. The van der Waals surface area contributed by atoms with Gasteiger partial charge in [-0.25, -0.2) is 0 Å². The van der Waals surface area contributed by atoms with Crippen molar-refractivity contribution >= 4 is 22.4 Å². The Morgan fingerprint density at radius 1 is 1.45 bits per heavy atom. The van der Waals surface area contributed by atoms with Gasteiger partial charge in [-0.1, -0.05) is 25.2 Å². The monoisotopic (exact) mass is 292 g/mol. The Morgan fingerprint density at radius 3 is 2.80 bits per heavy atom. The summed E-state index contributed by atoms with van der Waals surface area (Å²) >= 11 is 1.34. The van der Waals surface area contributed by atoms with Gasteiger partial charge >= 0.3 is 0 Å². The Balaban J connectivity index is 2.03. The molecule has 1 N–H and O–H groups in total. The molecule has 2 rings (SSSR count). The van der Waals surface area contributed by atoms with Gasteiger partial charge < -0.3 is 4.57 Å². The van der Waals surface area contributed by atoms with Gasteiger partial charge in [0.15, 0.2) is 0 Å². The van der Waals surface area contributed by atoms with Crippen molar-refractivity contribution in [3.05, 3.63) is 39.3 Å². The molecule has 0 aliphatic carbocycles. The minimum absolute atomic E-state index is 0.0320. The molecule has 106 valence electrons. The molecule has 0 saturated carbocycles. The molecule has 2 aromatic rings. The first-order valence-corrected chi connectivity index (χ1v) is 7.07. The van der Waals surface area contributed by atoms with Crippen LogP contribution in [0, 0.1) is 6.92 Å². The van der Waals surface area contributed by atoms with Crippen molar-refractivity contribution in [2.24, 2.45) is 0 Å². The summed E-state index contributed by atoms with van der Waals surface area (Å²) in [6.07, 6.45) is 1.61. The van der Waals surface area contributed by atoms with E-state index in [9.17, 15) is 9.59 Å². The summed E-state index contributed by atoms with van der Waals surface area (Å²) in [7, 11) is 0. The number of carbonyl (C=O) groups excluding carboxylic acids is 1. The molecule has 0 atom stereocenters. The Kier molecular flexibility index (Phi) is 4.29. The van der Waals surface area contributed by atoms with Gasteiger partial charge in [0.1, 0.15) is 11.6 Å². The van der Waals surface area contributed by atoms with Gasteiger partial charge in [-0.05, 0) is 18.6 Å². The average Bonchev–Trinajstić information content (AvgIpc) is 2.81. The van der Waals surface area contributed by atoms with Crippen LogP contribution >= 0.6 is 11.3 Å². The van der Waals surface area contributed by atoms with Gasteiger partial charge in [-0.15, -0.1) is 10.2 Å². The second-order valence-electron chi connectivity index (χ2n) is 4.82. The number of pyridine rings is 1. The fraction of sp³-hybridized carbons (Fsp3) is 0.385. The highest BCUT2D eigenvalue weighted by molar-refractivity contribution is 7.15. The van der Waals surface area contributed by atoms with Crippen molar-refractivity contribution in [1.82, 2.24) is 14.8 Å². The first kappa shape index (κ1) is 14.4. The molecule has 0 radical (unpaired) electrons. The lowest BCUT2D eigenvalue weighted by Gasteiger charge is -2.05. The number of hydrogen-bond acceptors (Lipinski definition) is 5. The zero-order valence-electron chi connectivity index (χ0n) is 11.6. The summed E-state index contributed by atoms with van der Waals surface area (Å²) < 4.78 is 1.35. The summed E-state index contributed by atoms with van der Waals surface area (Å²) in [6, 6.07) is 3.28. The molecule has 6 nitrogen and oxygen atoms in total. The lowest BCUT2D eigenvalue weighted by atomic mass is 10.2. The minimum Gasteiger partial charge on any atom is -0.306 e. The van der Waals surface area contributed by atoms with Crippen molar-refractivity contribution < 1.29 is 4.79 Å². The maximum Gasteiger partial charge on any atom is 0.251 e. The van der Waals surface area contributed by atoms with Crippen molar-refractivity contribution in [3.8, 4) is 0 Å². The predicted molar refractivity (Wildman–Crippen MR) is 78.1 cm³/mol. The van der Waals surface area contributed by atoms with Gasteiger partial charge in [0, 0.05) is 18.2 Å². The van der Waals surface area contributed by atoms with Crippen LogP contribution in [0.2, 0.25) is 0 Å². The molecule has 7 heteroatoms. The fourth-order valence-electron chi connectivity index (χ4n) is 1.57. The van der Waals surface area contributed by atoms with Crippen LogP contribution in [0.5, 0.6) is 0 Å². The minimum atomic E-state index is -0.289. The molecule has 0 spiro atoms. The van der Waals surface area contributed by atoms with Gasteiger partial charge in [0.05, 0.1) is 0 Å². The van der Waals surface area contributed by atoms with Gasteiger partial charge in [0.25, 0.3) is 5.56 Å². The maximum atomic E-state index is 11.9. The fourth-order valence-corrected chi connectivity index (χ4v) is 2.33. The first-order valence-electron chi connectivity index (χ1n) is 6.26. The quantitative estimate of drug-likeness (QED) is 0.931. The lowest BCUT2D eigenvalue weighted by molar-refractivity contribution is -0.116. The Hall–Kier alpha value is -2.02. The van der Waals surface area contributed by atoms with E-state index in [4.69, 9.17) is 0 Å². The standard InChI is InChI=1S/C13H16N4O2S/c1-8(2)12-15-16-13(20-12)14-10(18)7-17-5-4-9(3)6-11(17)19/h4-6,8H,7H2,1-3H3,(H,14,16,18). The van der Waals surface area contributed by atoms with E-state index < -0.39 is 0 Å². The van der Waals surface area contributed by atoms with Crippen LogP contribution in [0.3, 0.4) is 0 Å². The summed E-state index contributed by atoms with van der Waals surface area (Å²) in [5.74, 6) is -0.0136. The molecular weight excluding hydrogens is 276 g/mol. The number of aryl methyl sites for hydroxylation is 1. The number of aromatic nitrogens is 3. The van der Waals surface area contributed by atoms with Crippen molar-refractivity contribution in [3.63, 3.8) is 0 Å². The molecular formula is C13H16N4O2S. The van der Waals surface area contributed by atoms with Gasteiger partial charge in [-0.3, -0.25) is 14.9 Å². The van der Waals surface area contributed by atoms with E-state index in [0.717, 1.165) is 10.6 Å². The van der Waals surface area contributed by atoms with Crippen LogP contribution < -0.4 is 10.9 Å². The van der Waals surface area contributed by atoms with E-state index in [2.05, 4.69) is 15.5 Å². The number of nitrogens with zero attached hydrogens (tertiary/aromatic N) is 3. The smallest absolute Gasteiger partial charge is 0.251 e. The molecule has 0 bridgehead atoms. The predicted octanol–water partition coefficient (Wildman–Crippen LogP) is 1.77. The summed E-state index contributed by atoms with van der Waals surface area (Å²) in [6.45, 7) is 5.83. The lowest BCUT2D eigenvalue weighted by Crippen LogP contribution is -2.26. The second kappa shape index (κ2) is 5.96. The van der Waals surface area contributed by atoms with Crippen LogP contribution in [-0.4, -0.2) is 20.7 Å². The number of nitrogens with one attached hydrogen (secondary N) is 1. The third-order valence-corrected chi connectivity index (χ3v) is 3.79. The van der Waals surface area contributed by atoms with E-state index >= 15 is 0 Å². The summed E-state index contributed by atoms with van der Waals surface area (Å²) in [5.41, 5.74) is 0.678. The molecule has 0 saturated heterocycles. The highest BCUT2D eigenvalue weighted by atomic mass is 32.1. The number of carbonyl (C=O) groups is 1. The van der Waals surface area contributed by atoms with E-state index in [1.165, 1.54) is 22.0 Å². The van der Waals surface area contributed by atoms with Crippen molar-refractivity contribution in [2.75, 3.05) is 5.32 Å². The van der Waals surface area contributed by atoms with E-state index in [1.807, 2.05) is 20.8 Å². The first-order chi connectivity index (χ1) is 9.45. The van der Waals surface area contributed by atoms with Crippen LogP contribution in [0.4, 0.5) is 5.13 Å². The molecule has 0 aliphatic rings. The average molecular weight is 292 g/mol. The van der Waals surface area contributed by atoms with Crippen molar-refractivity contribution in [2.45, 2.75) is 33.2 Å². The van der Waals surface area contributed by atoms with Gasteiger partial charge in [-0.2, -0.15) is 0 Å². The maximum absolute atomic E-state index is 11.9. The highest BCUT2D eigenvalue weighted by Gasteiger charge is 2.11. The largest absolute Gasteiger partial charge is 0.306 e. The molecule has 0 aromatic carbocycles.